The Morgan fingerprint density at radius 3 is 2.04 bits per heavy atom. The minimum absolute atomic E-state index is 0.138. The molecule has 0 saturated carbocycles. The molecule has 8 heteroatoms. The first-order valence-corrected chi connectivity index (χ1v) is 9.58. The average Bonchev–Trinajstić information content (AvgIpc) is 2.66. The predicted molar refractivity (Wildman–Crippen MR) is 104 cm³/mol. The lowest BCUT2D eigenvalue weighted by molar-refractivity contribution is 0.127. The van der Waals surface area contributed by atoms with Gasteiger partial charge in [0, 0.05) is 44.9 Å². The van der Waals surface area contributed by atoms with Crippen molar-refractivity contribution in [2.24, 2.45) is 0 Å². The smallest absolute Gasteiger partial charge is 0.321 e. The zero-order valence-electron chi connectivity index (χ0n) is 16.5. The summed E-state index contributed by atoms with van der Waals surface area (Å²) in [7, 11) is 0. The van der Waals surface area contributed by atoms with E-state index in [0.29, 0.717) is 62.4 Å². The molecule has 1 aromatic rings. The molecule has 2 N–H and O–H groups in total. The fourth-order valence-electron chi connectivity index (χ4n) is 2.98. The molecule has 1 saturated heterocycles. The lowest BCUT2D eigenvalue weighted by Crippen LogP contribution is -2.50. The lowest BCUT2D eigenvalue weighted by atomic mass is 10.2. The fourth-order valence-corrected chi connectivity index (χ4v) is 2.98. The van der Waals surface area contributed by atoms with Gasteiger partial charge in [0.1, 0.15) is 0 Å². The van der Waals surface area contributed by atoms with E-state index in [4.69, 9.17) is 19.3 Å². The Bertz CT molecular complexity index is 576. The molecule has 0 aromatic heterocycles. The highest BCUT2D eigenvalue weighted by Gasteiger charge is 2.22. The molecular formula is C19H31N3O5. The molecule has 2 amide bonds. The minimum Gasteiger partial charge on any atom is -0.490 e. The molecule has 1 fully saturated rings. The quantitative estimate of drug-likeness (QED) is 0.681. The summed E-state index contributed by atoms with van der Waals surface area (Å²) in [6, 6.07) is 3.36. The van der Waals surface area contributed by atoms with E-state index in [2.05, 4.69) is 10.2 Å². The van der Waals surface area contributed by atoms with Crippen LogP contribution in [0.5, 0.6) is 17.2 Å². The van der Waals surface area contributed by atoms with Crippen LogP contribution in [0.3, 0.4) is 0 Å². The maximum Gasteiger partial charge on any atom is 0.321 e. The number of urea groups is 1. The van der Waals surface area contributed by atoms with E-state index in [1.54, 1.807) is 17.0 Å². The molecule has 152 valence electrons. The Balaban J connectivity index is 2.11. The third kappa shape index (κ3) is 5.90. The Morgan fingerprint density at radius 1 is 1.00 bits per heavy atom. The Kier molecular flexibility index (Phi) is 8.47. The first-order valence-electron chi connectivity index (χ1n) is 9.58. The molecule has 0 spiro atoms. The lowest BCUT2D eigenvalue weighted by Gasteiger charge is -2.34. The van der Waals surface area contributed by atoms with Gasteiger partial charge in [-0.1, -0.05) is 0 Å². The molecule has 0 atom stereocenters. The largest absolute Gasteiger partial charge is 0.490 e. The van der Waals surface area contributed by atoms with Crippen molar-refractivity contribution in [2.75, 3.05) is 64.5 Å². The van der Waals surface area contributed by atoms with Crippen LogP contribution in [0.1, 0.15) is 20.8 Å². The molecule has 1 aliphatic heterocycles. The predicted octanol–water partition coefficient (Wildman–Crippen LogP) is 2.02. The van der Waals surface area contributed by atoms with Crippen LogP contribution in [0.25, 0.3) is 0 Å². The molecule has 0 radical (unpaired) electrons. The summed E-state index contributed by atoms with van der Waals surface area (Å²) in [6.07, 6.45) is 0. The van der Waals surface area contributed by atoms with Crippen molar-refractivity contribution in [3.05, 3.63) is 12.1 Å². The van der Waals surface area contributed by atoms with Crippen LogP contribution < -0.4 is 19.5 Å². The van der Waals surface area contributed by atoms with Gasteiger partial charge in [-0.25, -0.2) is 4.79 Å². The summed E-state index contributed by atoms with van der Waals surface area (Å²) in [6.45, 7) is 10.7. The molecule has 1 aliphatic rings. The number of rotatable bonds is 9. The summed E-state index contributed by atoms with van der Waals surface area (Å²) in [5, 5.41) is 11.9. The number of anilines is 1. The first-order chi connectivity index (χ1) is 13.1. The number of hydrogen-bond donors (Lipinski definition) is 2. The van der Waals surface area contributed by atoms with Gasteiger partial charge in [-0.05, 0) is 20.8 Å². The molecule has 1 heterocycles. The second-order valence-corrected chi connectivity index (χ2v) is 6.08. The van der Waals surface area contributed by atoms with Gasteiger partial charge < -0.3 is 29.5 Å². The van der Waals surface area contributed by atoms with Gasteiger partial charge in [0.15, 0.2) is 11.5 Å². The van der Waals surface area contributed by atoms with Crippen molar-refractivity contribution < 1.29 is 24.1 Å². The number of carbonyl (C=O) groups is 1. The molecule has 8 nitrogen and oxygen atoms in total. The number of nitrogens with one attached hydrogen (secondary N) is 1. The number of piperazine rings is 1. The van der Waals surface area contributed by atoms with Gasteiger partial charge in [0.2, 0.25) is 5.75 Å². The molecule has 27 heavy (non-hydrogen) atoms. The zero-order chi connectivity index (χ0) is 19.6. The molecule has 0 bridgehead atoms. The van der Waals surface area contributed by atoms with Crippen molar-refractivity contribution in [3.63, 3.8) is 0 Å². The second-order valence-electron chi connectivity index (χ2n) is 6.08. The Labute approximate surface area is 161 Å². The standard InChI is InChI=1S/C19H31N3O5/c1-4-25-16-13-15(14-17(26-5-2)18(16)27-6-3)20-19(24)22-9-7-21(8-10-22)11-12-23/h13-14,23H,4-12H2,1-3H3,(H,20,24). The van der Waals surface area contributed by atoms with Gasteiger partial charge in [-0.3, -0.25) is 4.90 Å². The molecule has 2 rings (SSSR count). The van der Waals surface area contributed by atoms with E-state index in [1.807, 2.05) is 20.8 Å². The molecule has 0 unspecified atom stereocenters. The number of nitrogens with zero attached hydrogens (tertiary/aromatic N) is 2. The van der Waals surface area contributed by atoms with E-state index in [1.165, 1.54) is 0 Å². The summed E-state index contributed by atoms with van der Waals surface area (Å²) in [5.41, 5.74) is 0.605. The number of aliphatic hydroxyl groups excluding tert-OH is 1. The Hall–Kier alpha value is -2.19. The third-order valence-electron chi connectivity index (χ3n) is 4.24. The van der Waals surface area contributed by atoms with Crippen LogP contribution in [0, 0.1) is 0 Å². The van der Waals surface area contributed by atoms with E-state index in [-0.39, 0.29) is 12.6 Å². The van der Waals surface area contributed by atoms with E-state index >= 15 is 0 Å². The SMILES string of the molecule is CCOc1cc(NC(=O)N2CCN(CCO)CC2)cc(OCC)c1OCC. The van der Waals surface area contributed by atoms with Crippen LogP contribution in [0.4, 0.5) is 10.5 Å². The van der Waals surface area contributed by atoms with Crippen LogP contribution >= 0.6 is 0 Å². The number of ether oxygens (including phenoxy) is 3. The molecule has 0 aliphatic carbocycles. The minimum atomic E-state index is -0.160. The number of benzene rings is 1. The van der Waals surface area contributed by atoms with Gasteiger partial charge >= 0.3 is 6.03 Å². The zero-order valence-corrected chi connectivity index (χ0v) is 16.5. The van der Waals surface area contributed by atoms with Gasteiger partial charge in [0.25, 0.3) is 0 Å². The van der Waals surface area contributed by atoms with E-state index in [9.17, 15) is 4.79 Å². The number of amides is 2. The van der Waals surface area contributed by atoms with Crippen molar-refractivity contribution in [2.45, 2.75) is 20.8 Å². The summed E-state index contributed by atoms with van der Waals surface area (Å²) in [5.74, 6) is 1.65. The summed E-state index contributed by atoms with van der Waals surface area (Å²) < 4.78 is 17.1. The van der Waals surface area contributed by atoms with Gasteiger partial charge in [-0.2, -0.15) is 0 Å². The number of β-amino-alcohol motifs (C(OH)–C–C–N with tert-alkyl or cyclic N) is 1. The van der Waals surface area contributed by atoms with Gasteiger partial charge in [-0.15, -0.1) is 0 Å². The van der Waals surface area contributed by atoms with Crippen molar-refractivity contribution >= 4 is 11.7 Å². The number of hydrogen-bond acceptors (Lipinski definition) is 6. The van der Waals surface area contributed by atoms with Crippen LogP contribution in [0.2, 0.25) is 0 Å². The molecule has 1 aromatic carbocycles. The van der Waals surface area contributed by atoms with Crippen molar-refractivity contribution in [1.82, 2.24) is 9.80 Å². The molecular weight excluding hydrogens is 350 g/mol. The number of carbonyl (C=O) groups excluding carboxylic acids is 1. The fraction of sp³-hybridized carbons (Fsp3) is 0.632. The van der Waals surface area contributed by atoms with E-state index in [0.717, 1.165) is 13.1 Å². The maximum atomic E-state index is 12.6. The maximum absolute atomic E-state index is 12.6. The van der Waals surface area contributed by atoms with Crippen molar-refractivity contribution in [3.8, 4) is 17.2 Å². The highest BCUT2D eigenvalue weighted by atomic mass is 16.5. The Morgan fingerprint density at radius 2 is 1.56 bits per heavy atom. The number of aliphatic hydroxyl groups is 1. The monoisotopic (exact) mass is 381 g/mol. The summed E-state index contributed by atoms with van der Waals surface area (Å²) in [4.78, 5) is 16.5. The second kappa shape index (κ2) is 10.8. The summed E-state index contributed by atoms with van der Waals surface area (Å²) >= 11 is 0. The van der Waals surface area contributed by atoms with E-state index < -0.39 is 0 Å². The van der Waals surface area contributed by atoms with Gasteiger partial charge in [0.05, 0.1) is 32.1 Å². The highest BCUT2D eigenvalue weighted by molar-refractivity contribution is 5.90. The topological polar surface area (TPSA) is 83.5 Å². The average molecular weight is 381 g/mol. The van der Waals surface area contributed by atoms with Crippen LogP contribution in [-0.2, 0) is 0 Å². The van der Waals surface area contributed by atoms with Crippen LogP contribution in [-0.4, -0.2) is 80.1 Å². The van der Waals surface area contributed by atoms with Crippen molar-refractivity contribution in [1.29, 1.82) is 0 Å². The highest BCUT2D eigenvalue weighted by Crippen LogP contribution is 2.40. The van der Waals surface area contributed by atoms with Crippen LogP contribution in [0.15, 0.2) is 12.1 Å². The third-order valence-corrected chi connectivity index (χ3v) is 4.24. The first kappa shape index (κ1) is 21.1. The normalized spacial score (nSPS) is 14.7.